The maximum absolute atomic E-state index is 5.86. The molecule has 0 radical (unpaired) electrons. The van der Waals surface area contributed by atoms with Gasteiger partial charge in [-0.3, -0.25) is 9.67 Å². The molecule has 0 aliphatic heterocycles. The van der Waals surface area contributed by atoms with Crippen molar-refractivity contribution in [3.63, 3.8) is 0 Å². The Kier molecular flexibility index (Phi) is 3.89. The number of aliphatic imine (C=N–C) groups is 1. The van der Waals surface area contributed by atoms with E-state index >= 15 is 0 Å². The second-order valence-electron chi connectivity index (χ2n) is 5.51. The predicted octanol–water partition coefficient (Wildman–Crippen LogP) is 2.24. The van der Waals surface area contributed by atoms with Gasteiger partial charge in [0.15, 0.2) is 5.96 Å². The summed E-state index contributed by atoms with van der Waals surface area (Å²) >= 11 is 0. The Balaban J connectivity index is 1.85. The lowest BCUT2D eigenvalue weighted by molar-refractivity contribution is 0.430. The Morgan fingerprint density at radius 1 is 1.56 bits per heavy atom. The van der Waals surface area contributed by atoms with Gasteiger partial charge in [0.25, 0.3) is 0 Å². The van der Waals surface area contributed by atoms with E-state index in [4.69, 9.17) is 5.73 Å². The Bertz CT molecular complexity index is 417. The zero-order valence-electron chi connectivity index (χ0n) is 11.4. The molecule has 1 fully saturated rings. The van der Waals surface area contributed by atoms with Gasteiger partial charge < -0.3 is 11.1 Å². The molecule has 0 saturated heterocycles. The third kappa shape index (κ3) is 3.48. The number of rotatable bonds is 5. The largest absolute Gasteiger partial charge is 0.370 e. The summed E-state index contributed by atoms with van der Waals surface area (Å²) in [6, 6.07) is 0.597. The minimum absolute atomic E-state index is 0.470. The van der Waals surface area contributed by atoms with Crippen molar-refractivity contribution >= 4 is 11.6 Å². The van der Waals surface area contributed by atoms with E-state index in [1.807, 2.05) is 10.9 Å². The molecule has 1 aliphatic carbocycles. The fourth-order valence-corrected chi connectivity index (χ4v) is 1.58. The van der Waals surface area contributed by atoms with Crippen molar-refractivity contribution in [2.75, 3.05) is 11.9 Å². The van der Waals surface area contributed by atoms with Crippen LogP contribution in [0.4, 0.5) is 5.69 Å². The van der Waals surface area contributed by atoms with Crippen LogP contribution < -0.4 is 11.1 Å². The van der Waals surface area contributed by atoms with Crippen molar-refractivity contribution in [2.24, 2.45) is 22.6 Å². The summed E-state index contributed by atoms with van der Waals surface area (Å²) in [5.41, 5.74) is 6.77. The first kappa shape index (κ1) is 12.9. The quantitative estimate of drug-likeness (QED) is 0.621. The minimum atomic E-state index is 0.470. The maximum Gasteiger partial charge on any atom is 0.193 e. The van der Waals surface area contributed by atoms with Gasteiger partial charge in [-0.15, -0.1) is 0 Å². The summed E-state index contributed by atoms with van der Waals surface area (Å²) in [4.78, 5) is 4.36. The van der Waals surface area contributed by atoms with E-state index in [-0.39, 0.29) is 0 Å². The topological polar surface area (TPSA) is 68.2 Å². The molecule has 5 nitrogen and oxygen atoms in total. The fraction of sp³-hybridized carbons (Fsp3) is 0.692. The number of hydrogen-bond donors (Lipinski definition) is 2. The van der Waals surface area contributed by atoms with E-state index in [2.05, 4.69) is 36.2 Å². The summed E-state index contributed by atoms with van der Waals surface area (Å²) in [5.74, 6) is 1.64. The zero-order chi connectivity index (χ0) is 13.1. The summed E-state index contributed by atoms with van der Waals surface area (Å²) in [7, 11) is 0. The van der Waals surface area contributed by atoms with Crippen LogP contribution in [0.5, 0.6) is 0 Å². The molecular formula is C13H23N5. The highest BCUT2D eigenvalue weighted by Crippen LogP contribution is 2.34. The highest BCUT2D eigenvalue weighted by molar-refractivity contribution is 5.91. The number of nitrogens with one attached hydrogen (secondary N) is 1. The molecule has 0 amide bonds. The average Bonchev–Trinajstić information content (AvgIpc) is 3.07. The normalized spacial score (nSPS) is 18.1. The number of aromatic nitrogens is 2. The molecule has 0 spiro atoms. The van der Waals surface area contributed by atoms with Crippen molar-refractivity contribution in [2.45, 2.75) is 39.7 Å². The van der Waals surface area contributed by atoms with Crippen LogP contribution in [0.25, 0.3) is 0 Å². The summed E-state index contributed by atoms with van der Waals surface area (Å²) in [5, 5.41) is 7.38. The van der Waals surface area contributed by atoms with Crippen LogP contribution in [-0.2, 0) is 0 Å². The molecule has 1 atom stereocenters. The van der Waals surface area contributed by atoms with Gasteiger partial charge in [-0.2, -0.15) is 5.10 Å². The van der Waals surface area contributed by atoms with Gasteiger partial charge in [0.2, 0.25) is 0 Å². The molecule has 0 aromatic carbocycles. The van der Waals surface area contributed by atoms with Crippen LogP contribution in [0.1, 0.15) is 39.7 Å². The molecule has 100 valence electrons. The Morgan fingerprint density at radius 3 is 2.89 bits per heavy atom. The molecule has 1 aliphatic rings. The number of guanidine groups is 1. The van der Waals surface area contributed by atoms with Gasteiger partial charge in [-0.05, 0) is 24.7 Å². The Labute approximate surface area is 108 Å². The highest BCUT2D eigenvalue weighted by Gasteiger charge is 2.24. The second-order valence-corrected chi connectivity index (χ2v) is 5.51. The summed E-state index contributed by atoms with van der Waals surface area (Å²) in [6.45, 7) is 7.34. The first-order valence-electron chi connectivity index (χ1n) is 6.67. The van der Waals surface area contributed by atoms with Crippen LogP contribution in [-0.4, -0.2) is 22.3 Å². The molecule has 2 rings (SSSR count). The molecule has 1 aromatic heterocycles. The van der Waals surface area contributed by atoms with Gasteiger partial charge in [0.05, 0.1) is 17.9 Å². The zero-order valence-corrected chi connectivity index (χ0v) is 11.4. The number of nitrogens with zero attached hydrogens (tertiary/aromatic N) is 3. The van der Waals surface area contributed by atoms with E-state index < -0.39 is 0 Å². The van der Waals surface area contributed by atoms with E-state index in [1.165, 1.54) is 12.8 Å². The molecule has 1 unspecified atom stereocenters. The van der Waals surface area contributed by atoms with Crippen molar-refractivity contribution < 1.29 is 0 Å². The van der Waals surface area contributed by atoms with Gasteiger partial charge >= 0.3 is 0 Å². The number of nitrogens with two attached hydrogens (primary N) is 1. The maximum atomic E-state index is 5.86. The minimum Gasteiger partial charge on any atom is -0.370 e. The molecular weight excluding hydrogens is 226 g/mol. The predicted molar refractivity (Wildman–Crippen MR) is 74.6 cm³/mol. The van der Waals surface area contributed by atoms with E-state index in [1.54, 1.807) is 6.20 Å². The standard InChI is InChI=1S/C13H23N5/c1-9(2)10(3)6-15-13(14)17-11-7-16-18(8-11)12-4-5-12/h7-10,12H,4-6H2,1-3H3,(H3,14,15,17). The average molecular weight is 249 g/mol. The third-order valence-corrected chi connectivity index (χ3v) is 3.48. The molecule has 1 aromatic rings. The van der Waals surface area contributed by atoms with Crippen LogP contribution in [0.15, 0.2) is 17.4 Å². The lowest BCUT2D eigenvalue weighted by Crippen LogP contribution is -2.24. The first-order valence-corrected chi connectivity index (χ1v) is 6.67. The Morgan fingerprint density at radius 2 is 2.28 bits per heavy atom. The van der Waals surface area contributed by atoms with Gasteiger partial charge in [0, 0.05) is 12.7 Å². The van der Waals surface area contributed by atoms with Crippen LogP contribution in [0.2, 0.25) is 0 Å². The van der Waals surface area contributed by atoms with E-state index in [0.717, 1.165) is 12.2 Å². The molecule has 5 heteroatoms. The van der Waals surface area contributed by atoms with Gasteiger partial charge in [0.1, 0.15) is 0 Å². The molecule has 1 heterocycles. The van der Waals surface area contributed by atoms with E-state index in [0.29, 0.717) is 23.8 Å². The smallest absolute Gasteiger partial charge is 0.193 e. The molecule has 18 heavy (non-hydrogen) atoms. The van der Waals surface area contributed by atoms with Crippen molar-refractivity contribution in [1.82, 2.24) is 9.78 Å². The van der Waals surface area contributed by atoms with Crippen LogP contribution >= 0.6 is 0 Å². The van der Waals surface area contributed by atoms with Gasteiger partial charge in [-0.25, -0.2) is 0 Å². The summed E-state index contributed by atoms with van der Waals surface area (Å²) < 4.78 is 1.99. The Hall–Kier alpha value is -1.52. The van der Waals surface area contributed by atoms with Crippen molar-refractivity contribution in [3.8, 4) is 0 Å². The number of anilines is 1. The molecule has 3 N–H and O–H groups in total. The second kappa shape index (κ2) is 5.42. The number of hydrogen-bond acceptors (Lipinski definition) is 2. The summed E-state index contributed by atoms with van der Waals surface area (Å²) in [6.07, 6.45) is 6.26. The monoisotopic (exact) mass is 249 g/mol. The third-order valence-electron chi connectivity index (χ3n) is 3.48. The van der Waals surface area contributed by atoms with Crippen LogP contribution in [0.3, 0.4) is 0 Å². The first-order chi connectivity index (χ1) is 8.56. The highest BCUT2D eigenvalue weighted by atomic mass is 15.3. The van der Waals surface area contributed by atoms with Crippen molar-refractivity contribution in [3.05, 3.63) is 12.4 Å². The SMILES string of the molecule is CC(C)C(C)CN=C(N)Nc1cnn(C2CC2)c1. The lowest BCUT2D eigenvalue weighted by Gasteiger charge is -2.12. The fourth-order valence-electron chi connectivity index (χ4n) is 1.58. The van der Waals surface area contributed by atoms with Gasteiger partial charge in [-0.1, -0.05) is 20.8 Å². The van der Waals surface area contributed by atoms with E-state index in [9.17, 15) is 0 Å². The van der Waals surface area contributed by atoms with Crippen molar-refractivity contribution in [1.29, 1.82) is 0 Å². The van der Waals surface area contributed by atoms with Crippen LogP contribution in [0, 0.1) is 11.8 Å². The lowest BCUT2D eigenvalue weighted by atomic mass is 9.99. The molecule has 0 bridgehead atoms. The molecule has 1 saturated carbocycles.